The van der Waals surface area contributed by atoms with E-state index in [2.05, 4.69) is 24.1 Å². The Morgan fingerprint density at radius 2 is 1.93 bits per heavy atom. The van der Waals surface area contributed by atoms with Crippen LogP contribution in [0.4, 0.5) is 0 Å². The summed E-state index contributed by atoms with van der Waals surface area (Å²) in [7, 11) is 0. The third kappa shape index (κ3) is 5.44. The van der Waals surface area contributed by atoms with Crippen molar-refractivity contribution in [3.8, 4) is 0 Å². The third-order valence-corrected chi connectivity index (χ3v) is 6.74. The number of hydrogen-bond donors (Lipinski definition) is 1. The quantitative estimate of drug-likeness (QED) is 0.694. The molecule has 3 rings (SSSR count). The molecular weight excluding hydrogens is 429 g/mol. The second kappa shape index (κ2) is 9.83. The van der Waals surface area contributed by atoms with Crippen molar-refractivity contribution in [1.82, 2.24) is 15.2 Å². The Hall–Kier alpha value is -1.76. The highest BCUT2D eigenvalue weighted by molar-refractivity contribution is 8.00. The Labute approximate surface area is 185 Å². The first-order chi connectivity index (χ1) is 13.9. The molecule has 0 radical (unpaired) electrons. The van der Waals surface area contributed by atoms with E-state index in [1.165, 1.54) is 0 Å². The van der Waals surface area contributed by atoms with E-state index in [4.69, 9.17) is 23.2 Å². The number of thioether (sulfide) groups is 1. The summed E-state index contributed by atoms with van der Waals surface area (Å²) in [5.41, 5.74) is 1.39. The summed E-state index contributed by atoms with van der Waals surface area (Å²) >= 11 is 13.7. The minimum Gasteiger partial charge on any atom is -0.350 e. The van der Waals surface area contributed by atoms with Gasteiger partial charge in [0.25, 0.3) is 5.91 Å². The van der Waals surface area contributed by atoms with Crippen molar-refractivity contribution in [2.45, 2.75) is 38.2 Å². The summed E-state index contributed by atoms with van der Waals surface area (Å²) in [6.07, 6.45) is 4.18. The third-order valence-electron chi connectivity index (χ3n) is 4.69. The van der Waals surface area contributed by atoms with E-state index in [-0.39, 0.29) is 17.2 Å². The average molecular weight is 452 g/mol. The second-order valence-corrected chi connectivity index (χ2v) is 9.37. The standard InChI is InChI=1S/C21H23Cl2N3O2S/c1-13(2)9-19-26(21(28)15-3-4-16(22)17(23)10-15)18(12-29-19)20(27)25-11-14-5-7-24-8-6-14/h3-8,10,13,18-19H,9,11-12H2,1-2H3,(H,25,27). The number of benzene rings is 1. The first-order valence-electron chi connectivity index (χ1n) is 9.42. The molecule has 2 atom stereocenters. The lowest BCUT2D eigenvalue weighted by molar-refractivity contribution is -0.125. The molecule has 2 heterocycles. The van der Waals surface area contributed by atoms with Crippen molar-refractivity contribution in [2.24, 2.45) is 5.92 Å². The molecule has 0 saturated carbocycles. The van der Waals surface area contributed by atoms with Crippen LogP contribution in [0.15, 0.2) is 42.7 Å². The number of halogens is 2. The zero-order valence-corrected chi connectivity index (χ0v) is 18.6. The van der Waals surface area contributed by atoms with Crippen LogP contribution in [0.5, 0.6) is 0 Å². The molecule has 154 valence electrons. The highest BCUT2D eigenvalue weighted by Crippen LogP contribution is 2.35. The Balaban J connectivity index is 1.79. The molecule has 1 aliphatic heterocycles. The van der Waals surface area contributed by atoms with Crippen molar-refractivity contribution in [3.05, 3.63) is 63.9 Å². The summed E-state index contributed by atoms with van der Waals surface area (Å²) in [6, 6.07) is 7.99. The molecule has 29 heavy (non-hydrogen) atoms. The van der Waals surface area contributed by atoms with E-state index in [0.717, 1.165) is 12.0 Å². The van der Waals surface area contributed by atoms with Crippen LogP contribution in [0, 0.1) is 5.92 Å². The molecular formula is C21H23Cl2N3O2S. The predicted octanol–water partition coefficient (Wildman–Crippen LogP) is 4.63. The van der Waals surface area contributed by atoms with Gasteiger partial charge >= 0.3 is 0 Å². The molecule has 1 aliphatic rings. The number of nitrogens with one attached hydrogen (secondary N) is 1. The maximum Gasteiger partial charge on any atom is 0.255 e. The summed E-state index contributed by atoms with van der Waals surface area (Å²) in [5.74, 6) is 0.597. The van der Waals surface area contributed by atoms with Crippen molar-refractivity contribution in [2.75, 3.05) is 5.75 Å². The Kier molecular flexibility index (Phi) is 7.44. The smallest absolute Gasteiger partial charge is 0.255 e. The van der Waals surface area contributed by atoms with Gasteiger partial charge in [-0.3, -0.25) is 14.6 Å². The first kappa shape index (κ1) is 21.9. The summed E-state index contributed by atoms with van der Waals surface area (Å²) in [4.78, 5) is 31.9. The van der Waals surface area contributed by atoms with Crippen LogP contribution in [-0.4, -0.2) is 38.9 Å². The zero-order valence-electron chi connectivity index (χ0n) is 16.3. The van der Waals surface area contributed by atoms with E-state index < -0.39 is 6.04 Å². The van der Waals surface area contributed by atoms with E-state index >= 15 is 0 Å². The fourth-order valence-electron chi connectivity index (χ4n) is 3.21. The first-order valence-corrected chi connectivity index (χ1v) is 11.2. The number of aromatic nitrogens is 1. The van der Waals surface area contributed by atoms with Gasteiger partial charge in [0.2, 0.25) is 5.91 Å². The number of amides is 2. The molecule has 0 bridgehead atoms. The molecule has 5 nitrogen and oxygen atoms in total. The minimum absolute atomic E-state index is 0.0615. The number of carbonyl (C=O) groups is 2. The van der Waals surface area contributed by atoms with Crippen molar-refractivity contribution < 1.29 is 9.59 Å². The monoisotopic (exact) mass is 451 g/mol. The highest BCUT2D eigenvalue weighted by atomic mass is 35.5. The fraction of sp³-hybridized carbons (Fsp3) is 0.381. The molecule has 1 fully saturated rings. The van der Waals surface area contributed by atoms with Crippen LogP contribution in [0.1, 0.15) is 36.2 Å². The maximum absolute atomic E-state index is 13.3. The highest BCUT2D eigenvalue weighted by Gasteiger charge is 2.41. The number of hydrogen-bond acceptors (Lipinski definition) is 4. The molecule has 0 spiro atoms. The van der Waals surface area contributed by atoms with Gasteiger partial charge in [0.1, 0.15) is 6.04 Å². The molecule has 1 aromatic carbocycles. The molecule has 2 amide bonds. The van der Waals surface area contributed by atoms with Gasteiger partial charge < -0.3 is 10.2 Å². The largest absolute Gasteiger partial charge is 0.350 e. The van der Waals surface area contributed by atoms with Gasteiger partial charge in [0.15, 0.2) is 0 Å². The van der Waals surface area contributed by atoms with Crippen LogP contribution < -0.4 is 5.32 Å². The molecule has 2 aromatic rings. The van der Waals surface area contributed by atoms with E-state index in [0.29, 0.717) is 33.8 Å². The van der Waals surface area contributed by atoms with Gasteiger partial charge in [-0.1, -0.05) is 37.0 Å². The maximum atomic E-state index is 13.3. The summed E-state index contributed by atoms with van der Waals surface area (Å²) in [5, 5.41) is 3.60. The predicted molar refractivity (Wildman–Crippen MR) is 118 cm³/mol. The van der Waals surface area contributed by atoms with Crippen LogP contribution in [0.3, 0.4) is 0 Å². The Morgan fingerprint density at radius 3 is 2.59 bits per heavy atom. The molecule has 1 saturated heterocycles. The lowest BCUT2D eigenvalue weighted by atomic mass is 10.1. The van der Waals surface area contributed by atoms with Gasteiger partial charge in [0.05, 0.1) is 15.4 Å². The Bertz CT molecular complexity index is 879. The fourth-order valence-corrected chi connectivity index (χ4v) is 5.15. The molecule has 0 aliphatic carbocycles. The van der Waals surface area contributed by atoms with Crippen LogP contribution in [0.2, 0.25) is 10.0 Å². The van der Waals surface area contributed by atoms with E-state index in [9.17, 15) is 9.59 Å². The van der Waals surface area contributed by atoms with E-state index in [1.807, 2.05) is 12.1 Å². The van der Waals surface area contributed by atoms with Crippen molar-refractivity contribution in [3.63, 3.8) is 0 Å². The second-order valence-electron chi connectivity index (χ2n) is 7.35. The van der Waals surface area contributed by atoms with Gasteiger partial charge in [-0.25, -0.2) is 0 Å². The van der Waals surface area contributed by atoms with Gasteiger partial charge in [-0.15, -0.1) is 11.8 Å². The van der Waals surface area contributed by atoms with Crippen molar-refractivity contribution >= 4 is 46.8 Å². The summed E-state index contributed by atoms with van der Waals surface area (Å²) in [6.45, 7) is 4.62. The number of pyridine rings is 1. The normalized spacial score (nSPS) is 18.9. The topological polar surface area (TPSA) is 62.3 Å². The molecule has 8 heteroatoms. The van der Waals surface area contributed by atoms with Gasteiger partial charge in [-0.2, -0.15) is 0 Å². The molecule has 1 N–H and O–H groups in total. The molecule has 1 aromatic heterocycles. The van der Waals surface area contributed by atoms with Crippen LogP contribution in [0.25, 0.3) is 0 Å². The minimum atomic E-state index is -0.535. The number of carbonyl (C=O) groups excluding carboxylic acids is 2. The van der Waals surface area contributed by atoms with Crippen LogP contribution >= 0.6 is 35.0 Å². The van der Waals surface area contributed by atoms with E-state index in [1.54, 1.807) is 47.3 Å². The van der Waals surface area contributed by atoms with Crippen molar-refractivity contribution in [1.29, 1.82) is 0 Å². The zero-order chi connectivity index (χ0) is 21.0. The van der Waals surface area contributed by atoms with Crippen LogP contribution in [-0.2, 0) is 11.3 Å². The summed E-state index contributed by atoms with van der Waals surface area (Å²) < 4.78 is 0. The number of rotatable bonds is 6. The SMILES string of the molecule is CC(C)CC1SCC(C(=O)NCc2ccncc2)N1C(=O)c1ccc(Cl)c(Cl)c1. The van der Waals surface area contributed by atoms with Gasteiger partial charge in [0, 0.05) is 30.3 Å². The van der Waals surface area contributed by atoms with Gasteiger partial charge in [-0.05, 0) is 48.2 Å². The molecule has 2 unspecified atom stereocenters. The average Bonchev–Trinajstić information content (AvgIpc) is 3.11. The lowest BCUT2D eigenvalue weighted by Gasteiger charge is -2.30. The Morgan fingerprint density at radius 1 is 1.21 bits per heavy atom. The number of nitrogens with zero attached hydrogens (tertiary/aromatic N) is 2. The lowest BCUT2D eigenvalue weighted by Crippen LogP contribution is -2.49.